The van der Waals surface area contributed by atoms with E-state index in [9.17, 15) is 5.11 Å². The van der Waals surface area contributed by atoms with Crippen LogP contribution in [0.15, 0.2) is 18.2 Å². The molecule has 1 atom stereocenters. The minimum atomic E-state index is -0.188. The Balaban J connectivity index is 2.35. The van der Waals surface area contributed by atoms with Crippen molar-refractivity contribution in [2.45, 2.75) is 18.9 Å². The molecule has 1 aromatic rings. The van der Waals surface area contributed by atoms with Crippen LogP contribution in [0.2, 0.25) is 0 Å². The third-order valence-electron chi connectivity index (χ3n) is 2.32. The van der Waals surface area contributed by atoms with Crippen molar-refractivity contribution >= 4 is 0 Å². The van der Waals surface area contributed by atoms with Gasteiger partial charge in [-0.1, -0.05) is 6.07 Å². The van der Waals surface area contributed by atoms with E-state index in [-0.39, 0.29) is 6.10 Å². The van der Waals surface area contributed by atoms with Crippen LogP contribution in [0.5, 0.6) is 5.75 Å². The lowest BCUT2D eigenvalue weighted by Gasteiger charge is -2.01. The van der Waals surface area contributed by atoms with E-state index in [0.29, 0.717) is 0 Å². The lowest BCUT2D eigenvalue weighted by Crippen LogP contribution is -2.03. The van der Waals surface area contributed by atoms with Crippen LogP contribution in [0.1, 0.15) is 11.1 Å². The molecule has 64 valence electrons. The highest BCUT2D eigenvalue weighted by Crippen LogP contribution is 2.25. The molecule has 0 aliphatic heterocycles. The molecule has 1 aromatic carbocycles. The first kappa shape index (κ1) is 7.62. The quantitative estimate of drug-likeness (QED) is 0.674. The number of aliphatic hydroxyl groups excluding tert-OH is 1. The van der Waals surface area contributed by atoms with Crippen LogP contribution in [0.3, 0.4) is 0 Å². The first-order valence-electron chi connectivity index (χ1n) is 4.13. The highest BCUT2D eigenvalue weighted by atomic mass is 16.5. The van der Waals surface area contributed by atoms with Gasteiger partial charge >= 0.3 is 0 Å². The molecule has 1 N–H and O–H groups in total. The summed E-state index contributed by atoms with van der Waals surface area (Å²) in [6.07, 6.45) is 1.37. The summed E-state index contributed by atoms with van der Waals surface area (Å²) >= 11 is 0. The first-order chi connectivity index (χ1) is 5.79. The maximum Gasteiger partial charge on any atom is 0.119 e. The van der Waals surface area contributed by atoms with Gasteiger partial charge in [-0.05, 0) is 36.1 Å². The summed E-state index contributed by atoms with van der Waals surface area (Å²) in [5.74, 6) is 0.878. The van der Waals surface area contributed by atoms with Crippen LogP contribution in [0, 0.1) is 0 Å². The lowest BCUT2D eigenvalue weighted by atomic mass is 10.1. The molecule has 2 rings (SSSR count). The smallest absolute Gasteiger partial charge is 0.119 e. The van der Waals surface area contributed by atoms with E-state index in [1.54, 1.807) is 7.11 Å². The van der Waals surface area contributed by atoms with Crippen molar-refractivity contribution < 1.29 is 9.84 Å². The first-order valence-corrected chi connectivity index (χ1v) is 4.13. The Labute approximate surface area is 71.8 Å². The van der Waals surface area contributed by atoms with Crippen LogP contribution in [0.25, 0.3) is 0 Å². The topological polar surface area (TPSA) is 29.5 Å². The Morgan fingerprint density at radius 3 is 2.83 bits per heavy atom. The Hall–Kier alpha value is -1.02. The van der Waals surface area contributed by atoms with Crippen molar-refractivity contribution in [1.29, 1.82) is 0 Å². The zero-order chi connectivity index (χ0) is 8.55. The Bertz CT molecular complexity index is 294. The average molecular weight is 164 g/mol. The lowest BCUT2D eigenvalue weighted by molar-refractivity contribution is 0.187. The van der Waals surface area contributed by atoms with Gasteiger partial charge in [-0.3, -0.25) is 0 Å². The molecule has 0 radical (unpaired) electrons. The third-order valence-corrected chi connectivity index (χ3v) is 2.32. The summed E-state index contributed by atoms with van der Waals surface area (Å²) in [5.41, 5.74) is 2.48. The molecule has 0 amide bonds. The van der Waals surface area contributed by atoms with Gasteiger partial charge in [0.05, 0.1) is 13.2 Å². The maximum absolute atomic E-state index is 9.37. The number of hydrogen-bond acceptors (Lipinski definition) is 2. The molecule has 0 saturated heterocycles. The zero-order valence-electron chi connectivity index (χ0n) is 7.08. The second-order valence-electron chi connectivity index (χ2n) is 3.20. The monoisotopic (exact) mass is 164 g/mol. The van der Waals surface area contributed by atoms with E-state index in [4.69, 9.17) is 4.74 Å². The van der Waals surface area contributed by atoms with Gasteiger partial charge in [0.1, 0.15) is 5.75 Å². The summed E-state index contributed by atoms with van der Waals surface area (Å²) < 4.78 is 5.09. The Morgan fingerprint density at radius 2 is 2.08 bits per heavy atom. The van der Waals surface area contributed by atoms with E-state index in [1.807, 2.05) is 18.2 Å². The van der Waals surface area contributed by atoms with Gasteiger partial charge in [0.25, 0.3) is 0 Å². The minimum Gasteiger partial charge on any atom is -0.497 e. The van der Waals surface area contributed by atoms with Crippen LogP contribution < -0.4 is 4.74 Å². The predicted octanol–water partition coefficient (Wildman–Crippen LogP) is 1.15. The second kappa shape index (κ2) is 2.79. The van der Waals surface area contributed by atoms with Crippen molar-refractivity contribution in [3.8, 4) is 5.75 Å². The van der Waals surface area contributed by atoms with E-state index in [2.05, 4.69) is 0 Å². The van der Waals surface area contributed by atoms with Gasteiger partial charge in [-0.15, -0.1) is 0 Å². The van der Waals surface area contributed by atoms with Gasteiger partial charge in [-0.25, -0.2) is 0 Å². The zero-order valence-corrected chi connectivity index (χ0v) is 7.08. The van der Waals surface area contributed by atoms with Crippen molar-refractivity contribution in [1.82, 2.24) is 0 Å². The Kier molecular flexibility index (Phi) is 1.77. The van der Waals surface area contributed by atoms with Gasteiger partial charge in [0.2, 0.25) is 0 Å². The summed E-state index contributed by atoms with van der Waals surface area (Å²) in [7, 11) is 1.66. The molecular weight excluding hydrogens is 152 g/mol. The predicted molar refractivity (Wildman–Crippen MR) is 46.4 cm³/mol. The molecule has 1 aliphatic rings. The van der Waals surface area contributed by atoms with Gasteiger partial charge < -0.3 is 9.84 Å². The molecule has 2 nitrogen and oxygen atoms in total. The maximum atomic E-state index is 9.37. The van der Waals surface area contributed by atoms with Crippen molar-refractivity contribution in [2.24, 2.45) is 0 Å². The van der Waals surface area contributed by atoms with Crippen molar-refractivity contribution in [2.75, 3.05) is 7.11 Å². The van der Waals surface area contributed by atoms with Gasteiger partial charge in [0.15, 0.2) is 0 Å². The van der Waals surface area contributed by atoms with E-state index in [1.165, 1.54) is 11.1 Å². The molecule has 0 fully saturated rings. The number of methoxy groups -OCH3 is 1. The normalized spacial score (nSPS) is 20.7. The van der Waals surface area contributed by atoms with Crippen molar-refractivity contribution in [3.63, 3.8) is 0 Å². The Morgan fingerprint density at radius 1 is 1.33 bits per heavy atom. The SMILES string of the molecule is COc1ccc2c(c1)CC(O)C2. The highest BCUT2D eigenvalue weighted by molar-refractivity contribution is 5.39. The summed E-state index contributed by atoms with van der Waals surface area (Å²) in [4.78, 5) is 0. The fourth-order valence-electron chi connectivity index (χ4n) is 1.70. The number of rotatable bonds is 1. The molecule has 2 heteroatoms. The second-order valence-corrected chi connectivity index (χ2v) is 3.20. The number of fused-ring (bicyclic) bond motifs is 1. The summed E-state index contributed by atoms with van der Waals surface area (Å²) in [5, 5.41) is 9.37. The van der Waals surface area contributed by atoms with Crippen LogP contribution in [-0.2, 0) is 12.8 Å². The molecule has 0 saturated carbocycles. The van der Waals surface area contributed by atoms with Crippen LogP contribution in [-0.4, -0.2) is 18.3 Å². The number of ether oxygens (including phenoxy) is 1. The largest absolute Gasteiger partial charge is 0.497 e. The molecular formula is C10H12O2. The molecule has 0 aromatic heterocycles. The van der Waals surface area contributed by atoms with Crippen molar-refractivity contribution in [3.05, 3.63) is 29.3 Å². The van der Waals surface area contributed by atoms with E-state index >= 15 is 0 Å². The van der Waals surface area contributed by atoms with E-state index in [0.717, 1.165) is 18.6 Å². The van der Waals surface area contributed by atoms with Gasteiger partial charge in [-0.2, -0.15) is 0 Å². The van der Waals surface area contributed by atoms with Crippen LogP contribution in [0.4, 0.5) is 0 Å². The van der Waals surface area contributed by atoms with Crippen LogP contribution >= 0.6 is 0 Å². The fourth-order valence-corrected chi connectivity index (χ4v) is 1.70. The fraction of sp³-hybridized carbons (Fsp3) is 0.400. The highest BCUT2D eigenvalue weighted by Gasteiger charge is 2.18. The molecule has 1 aliphatic carbocycles. The molecule has 0 spiro atoms. The molecule has 0 heterocycles. The summed E-state index contributed by atoms with van der Waals surface area (Å²) in [6, 6.07) is 5.98. The standard InChI is InChI=1S/C10H12O2/c1-12-10-3-2-7-4-9(11)5-8(7)6-10/h2-3,6,9,11H,4-5H2,1H3. The third kappa shape index (κ3) is 1.18. The minimum absolute atomic E-state index is 0.188. The van der Waals surface area contributed by atoms with E-state index < -0.39 is 0 Å². The number of aliphatic hydroxyl groups is 1. The molecule has 0 bridgehead atoms. The molecule has 1 unspecified atom stereocenters. The summed E-state index contributed by atoms with van der Waals surface area (Å²) in [6.45, 7) is 0. The number of benzene rings is 1. The molecule has 12 heavy (non-hydrogen) atoms. The average Bonchev–Trinajstić information content (AvgIpc) is 2.43. The number of hydrogen-bond donors (Lipinski definition) is 1. The van der Waals surface area contributed by atoms with Gasteiger partial charge in [0, 0.05) is 0 Å².